The first kappa shape index (κ1) is 14.3. The minimum Gasteiger partial charge on any atom is -0.388 e. The standard InChI is InChI=1S/C12H15Cl2NO2/c1-3-12(2,17)7-15-11(16)9-5-4-8(13)6-10(9)14/h4-6,17H,3,7H2,1-2H3,(H,15,16). The Morgan fingerprint density at radius 2 is 2.12 bits per heavy atom. The maximum atomic E-state index is 11.8. The molecule has 3 nitrogen and oxygen atoms in total. The molecule has 0 aliphatic rings. The summed E-state index contributed by atoms with van der Waals surface area (Å²) in [6.07, 6.45) is 0.557. The van der Waals surface area contributed by atoms with Crippen LogP contribution in [0.4, 0.5) is 0 Å². The van der Waals surface area contributed by atoms with Crippen molar-refractivity contribution in [1.82, 2.24) is 5.32 Å². The predicted molar refractivity (Wildman–Crippen MR) is 69.7 cm³/mol. The first-order valence-corrected chi connectivity index (χ1v) is 6.07. The fraction of sp³-hybridized carbons (Fsp3) is 0.417. The number of amides is 1. The molecule has 1 aromatic carbocycles. The van der Waals surface area contributed by atoms with Gasteiger partial charge in [0.1, 0.15) is 0 Å². The molecule has 0 saturated heterocycles. The van der Waals surface area contributed by atoms with E-state index in [1.807, 2.05) is 6.92 Å². The molecule has 1 aromatic rings. The van der Waals surface area contributed by atoms with E-state index in [9.17, 15) is 9.90 Å². The molecule has 0 fully saturated rings. The second-order valence-corrected chi connectivity index (χ2v) is 5.00. The van der Waals surface area contributed by atoms with E-state index in [1.165, 1.54) is 6.07 Å². The molecule has 0 bridgehead atoms. The van der Waals surface area contributed by atoms with Gasteiger partial charge in [0, 0.05) is 11.6 Å². The number of nitrogens with one attached hydrogen (secondary N) is 1. The molecule has 0 spiro atoms. The largest absolute Gasteiger partial charge is 0.388 e. The molecule has 1 amide bonds. The zero-order valence-electron chi connectivity index (χ0n) is 9.76. The summed E-state index contributed by atoms with van der Waals surface area (Å²) < 4.78 is 0. The maximum absolute atomic E-state index is 11.8. The number of aliphatic hydroxyl groups is 1. The monoisotopic (exact) mass is 275 g/mol. The van der Waals surface area contributed by atoms with Gasteiger partial charge >= 0.3 is 0 Å². The van der Waals surface area contributed by atoms with Crippen LogP contribution in [0.2, 0.25) is 10.0 Å². The molecular formula is C12H15Cl2NO2. The van der Waals surface area contributed by atoms with Crippen molar-refractivity contribution in [3.8, 4) is 0 Å². The zero-order valence-corrected chi connectivity index (χ0v) is 11.3. The van der Waals surface area contributed by atoms with Gasteiger partial charge < -0.3 is 10.4 Å². The molecular weight excluding hydrogens is 261 g/mol. The summed E-state index contributed by atoms with van der Waals surface area (Å²) in [4.78, 5) is 11.8. The number of carbonyl (C=O) groups excluding carboxylic acids is 1. The lowest BCUT2D eigenvalue weighted by molar-refractivity contribution is 0.0518. The summed E-state index contributed by atoms with van der Waals surface area (Å²) in [5, 5.41) is 13.2. The minimum absolute atomic E-state index is 0.182. The molecule has 1 rings (SSSR count). The number of benzene rings is 1. The molecule has 94 valence electrons. The van der Waals surface area contributed by atoms with Crippen LogP contribution in [0.3, 0.4) is 0 Å². The summed E-state index contributed by atoms with van der Waals surface area (Å²) >= 11 is 11.6. The first-order chi connectivity index (χ1) is 7.85. The summed E-state index contributed by atoms with van der Waals surface area (Å²) in [5.41, 5.74) is -0.558. The Morgan fingerprint density at radius 3 is 2.65 bits per heavy atom. The van der Waals surface area contributed by atoms with E-state index in [0.717, 1.165) is 0 Å². The molecule has 1 atom stereocenters. The predicted octanol–water partition coefficient (Wildman–Crippen LogP) is 2.88. The highest BCUT2D eigenvalue weighted by atomic mass is 35.5. The van der Waals surface area contributed by atoms with Crippen LogP contribution in [0.25, 0.3) is 0 Å². The van der Waals surface area contributed by atoms with Crippen molar-refractivity contribution in [2.24, 2.45) is 0 Å². The number of hydrogen-bond acceptors (Lipinski definition) is 2. The highest BCUT2D eigenvalue weighted by Gasteiger charge is 2.19. The van der Waals surface area contributed by atoms with Crippen LogP contribution in [0.15, 0.2) is 18.2 Å². The Bertz CT molecular complexity index is 419. The SMILES string of the molecule is CCC(C)(O)CNC(=O)c1ccc(Cl)cc1Cl. The third kappa shape index (κ3) is 4.19. The second kappa shape index (κ2) is 5.71. The van der Waals surface area contributed by atoms with E-state index < -0.39 is 5.60 Å². The summed E-state index contributed by atoms with van der Waals surface area (Å²) in [7, 11) is 0. The highest BCUT2D eigenvalue weighted by Crippen LogP contribution is 2.21. The molecule has 0 saturated carbocycles. The fourth-order valence-corrected chi connectivity index (χ4v) is 1.66. The van der Waals surface area contributed by atoms with Gasteiger partial charge in [-0.05, 0) is 31.5 Å². The van der Waals surface area contributed by atoms with E-state index in [-0.39, 0.29) is 12.5 Å². The topological polar surface area (TPSA) is 49.3 Å². The van der Waals surface area contributed by atoms with Gasteiger partial charge in [-0.2, -0.15) is 0 Å². The van der Waals surface area contributed by atoms with Gasteiger partial charge in [0.15, 0.2) is 0 Å². The lowest BCUT2D eigenvalue weighted by atomic mass is 10.0. The second-order valence-electron chi connectivity index (χ2n) is 4.16. The van der Waals surface area contributed by atoms with Crippen LogP contribution in [-0.4, -0.2) is 23.2 Å². The van der Waals surface area contributed by atoms with Gasteiger partial charge in [0.05, 0.1) is 16.2 Å². The molecule has 17 heavy (non-hydrogen) atoms. The van der Waals surface area contributed by atoms with Gasteiger partial charge in [-0.3, -0.25) is 4.79 Å². The molecule has 0 aromatic heterocycles. The van der Waals surface area contributed by atoms with Crippen molar-refractivity contribution in [1.29, 1.82) is 0 Å². The Labute approximate surface area is 111 Å². The van der Waals surface area contributed by atoms with E-state index in [0.29, 0.717) is 22.0 Å². The lowest BCUT2D eigenvalue weighted by Crippen LogP contribution is -2.40. The van der Waals surface area contributed by atoms with Crippen LogP contribution in [0.1, 0.15) is 30.6 Å². The third-order valence-corrected chi connectivity index (χ3v) is 3.12. The Morgan fingerprint density at radius 1 is 1.47 bits per heavy atom. The molecule has 1 unspecified atom stereocenters. The first-order valence-electron chi connectivity index (χ1n) is 5.31. The van der Waals surface area contributed by atoms with Crippen molar-refractivity contribution in [2.45, 2.75) is 25.9 Å². The van der Waals surface area contributed by atoms with E-state index in [4.69, 9.17) is 23.2 Å². The molecule has 0 aliphatic heterocycles. The molecule has 0 heterocycles. The maximum Gasteiger partial charge on any atom is 0.252 e. The van der Waals surface area contributed by atoms with Gasteiger partial charge in [-0.15, -0.1) is 0 Å². The number of rotatable bonds is 4. The molecule has 0 aliphatic carbocycles. The van der Waals surface area contributed by atoms with Crippen LogP contribution in [0, 0.1) is 0 Å². The minimum atomic E-state index is -0.908. The lowest BCUT2D eigenvalue weighted by Gasteiger charge is -2.21. The quantitative estimate of drug-likeness (QED) is 0.888. The summed E-state index contributed by atoms with van der Waals surface area (Å²) in [6, 6.07) is 4.66. The summed E-state index contributed by atoms with van der Waals surface area (Å²) in [6.45, 7) is 3.69. The van der Waals surface area contributed by atoms with E-state index in [2.05, 4.69) is 5.32 Å². The Hall–Kier alpha value is -0.770. The smallest absolute Gasteiger partial charge is 0.252 e. The Kier molecular flexibility index (Phi) is 4.80. The number of carbonyl (C=O) groups is 1. The van der Waals surface area contributed by atoms with Crippen molar-refractivity contribution >= 4 is 29.1 Å². The van der Waals surface area contributed by atoms with E-state index in [1.54, 1.807) is 19.1 Å². The Balaban J connectivity index is 2.71. The van der Waals surface area contributed by atoms with Gasteiger partial charge in [0.2, 0.25) is 0 Å². The molecule has 2 N–H and O–H groups in total. The van der Waals surface area contributed by atoms with Crippen LogP contribution >= 0.6 is 23.2 Å². The van der Waals surface area contributed by atoms with Gasteiger partial charge in [-0.1, -0.05) is 30.1 Å². The number of hydrogen-bond donors (Lipinski definition) is 2. The van der Waals surface area contributed by atoms with Crippen molar-refractivity contribution in [2.75, 3.05) is 6.54 Å². The van der Waals surface area contributed by atoms with Crippen LogP contribution < -0.4 is 5.32 Å². The van der Waals surface area contributed by atoms with Crippen molar-refractivity contribution in [3.63, 3.8) is 0 Å². The normalized spacial score (nSPS) is 14.2. The van der Waals surface area contributed by atoms with Crippen molar-refractivity contribution in [3.05, 3.63) is 33.8 Å². The van der Waals surface area contributed by atoms with Crippen LogP contribution in [-0.2, 0) is 0 Å². The number of halogens is 2. The van der Waals surface area contributed by atoms with Gasteiger partial charge in [-0.25, -0.2) is 0 Å². The summed E-state index contributed by atoms with van der Waals surface area (Å²) in [5.74, 6) is -0.319. The van der Waals surface area contributed by atoms with E-state index >= 15 is 0 Å². The fourth-order valence-electron chi connectivity index (χ4n) is 1.16. The average Bonchev–Trinajstić information content (AvgIpc) is 2.26. The molecule has 5 heteroatoms. The zero-order chi connectivity index (χ0) is 13.1. The van der Waals surface area contributed by atoms with Crippen molar-refractivity contribution < 1.29 is 9.90 Å². The van der Waals surface area contributed by atoms with Gasteiger partial charge in [0.25, 0.3) is 5.91 Å². The average molecular weight is 276 g/mol. The molecule has 0 radical (unpaired) electrons. The third-order valence-electron chi connectivity index (χ3n) is 2.57. The van der Waals surface area contributed by atoms with Crippen LogP contribution in [0.5, 0.6) is 0 Å². The highest BCUT2D eigenvalue weighted by molar-refractivity contribution is 6.36.